The lowest BCUT2D eigenvalue weighted by atomic mass is 10.2. The van der Waals surface area contributed by atoms with Crippen LogP contribution in [0, 0.1) is 5.82 Å². The Labute approximate surface area is 75.9 Å². The van der Waals surface area contributed by atoms with Crippen molar-refractivity contribution < 1.29 is 4.39 Å². The second kappa shape index (κ2) is 4.58. The fraction of sp³-hybridized carbons (Fsp3) is 0.250. The summed E-state index contributed by atoms with van der Waals surface area (Å²) in [6, 6.07) is 4.16. The van der Waals surface area contributed by atoms with Gasteiger partial charge in [-0.3, -0.25) is 0 Å². The van der Waals surface area contributed by atoms with E-state index >= 15 is 0 Å². The normalized spacial score (nSPS) is 9.00. The van der Waals surface area contributed by atoms with E-state index in [4.69, 9.17) is 23.2 Å². The number of rotatable bonds is 1. The first-order valence-corrected chi connectivity index (χ1v) is 3.65. The molecular formula is C8H9Cl2F. The number of halogens is 3. The van der Waals surface area contributed by atoms with Crippen molar-refractivity contribution in [1.82, 2.24) is 0 Å². The fourth-order valence-corrected chi connectivity index (χ4v) is 1.17. The summed E-state index contributed by atoms with van der Waals surface area (Å²) in [4.78, 5) is 0. The molecule has 3 heteroatoms. The van der Waals surface area contributed by atoms with Crippen molar-refractivity contribution in [2.75, 3.05) is 0 Å². The van der Waals surface area contributed by atoms with Crippen LogP contribution in [0.25, 0.3) is 0 Å². The first-order chi connectivity index (χ1) is 4.74. The Kier molecular flexibility index (Phi) is 4.46. The van der Waals surface area contributed by atoms with Gasteiger partial charge in [0.1, 0.15) is 5.82 Å². The van der Waals surface area contributed by atoms with Gasteiger partial charge in [-0.05, 0) is 17.7 Å². The zero-order valence-corrected chi connectivity index (χ0v) is 6.58. The molecule has 0 spiro atoms. The Bertz CT molecular complexity index is 236. The second-order valence-electron chi connectivity index (χ2n) is 1.87. The van der Waals surface area contributed by atoms with Crippen LogP contribution in [0.2, 0.25) is 5.02 Å². The van der Waals surface area contributed by atoms with Crippen molar-refractivity contribution in [3.63, 3.8) is 0 Å². The third-order valence-electron chi connectivity index (χ3n) is 1.16. The minimum absolute atomic E-state index is 0. The van der Waals surface area contributed by atoms with Gasteiger partial charge in [-0.1, -0.05) is 25.1 Å². The smallest absolute Gasteiger partial charge is 0.124 e. The zero-order valence-electron chi connectivity index (χ0n) is 5.07. The van der Waals surface area contributed by atoms with Gasteiger partial charge in [-0.25, -0.2) is 4.39 Å². The number of alkyl halides is 1. The van der Waals surface area contributed by atoms with Crippen molar-refractivity contribution in [3.05, 3.63) is 34.6 Å². The molecule has 1 rings (SSSR count). The molecular weight excluding hydrogens is 186 g/mol. The standard InChI is InChI=1S/C7H5Cl2F.CH4/c8-4-5-1-2-6(10)3-7(5)9;/h1-3H,4H2;1H4. The summed E-state index contributed by atoms with van der Waals surface area (Å²) in [5.74, 6) is -0.0158. The molecule has 62 valence electrons. The van der Waals surface area contributed by atoms with E-state index in [0.717, 1.165) is 5.56 Å². The highest BCUT2D eigenvalue weighted by Crippen LogP contribution is 2.18. The van der Waals surface area contributed by atoms with Crippen LogP contribution in [0.15, 0.2) is 18.2 Å². The molecule has 0 bridgehead atoms. The lowest BCUT2D eigenvalue weighted by molar-refractivity contribution is 0.627. The summed E-state index contributed by atoms with van der Waals surface area (Å²) in [6.07, 6.45) is 0. The molecule has 0 aliphatic rings. The molecule has 0 amide bonds. The summed E-state index contributed by atoms with van der Waals surface area (Å²) in [5, 5.41) is 0.384. The van der Waals surface area contributed by atoms with Gasteiger partial charge in [0.2, 0.25) is 0 Å². The topological polar surface area (TPSA) is 0 Å². The maximum Gasteiger partial charge on any atom is 0.124 e. The molecule has 0 saturated heterocycles. The molecule has 0 fully saturated rings. The van der Waals surface area contributed by atoms with Crippen LogP contribution in [0.5, 0.6) is 0 Å². The van der Waals surface area contributed by atoms with E-state index in [9.17, 15) is 4.39 Å². The van der Waals surface area contributed by atoms with Crippen molar-refractivity contribution in [1.29, 1.82) is 0 Å². The van der Waals surface area contributed by atoms with Gasteiger partial charge < -0.3 is 0 Å². The number of benzene rings is 1. The van der Waals surface area contributed by atoms with E-state index < -0.39 is 0 Å². The van der Waals surface area contributed by atoms with Crippen LogP contribution in [0.1, 0.15) is 13.0 Å². The zero-order chi connectivity index (χ0) is 7.56. The van der Waals surface area contributed by atoms with Crippen molar-refractivity contribution in [2.45, 2.75) is 13.3 Å². The minimum Gasteiger partial charge on any atom is -0.207 e. The van der Waals surface area contributed by atoms with Gasteiger partial charge >= 0.3 is 0 Å². The molecule has 1 aromatic carbocycles. The summed E-state index contributed by atoms with van der Waals surface area (Å²) in [5.41, 5.74) is 0.754. The Morgan fingerprint density at radius 2 is 2.00 bits per heavy atom. The molecule has 0 radical (unpaired) electrons. The average Bonchev–Trinajstić information content (AvgIpc) is 1.88. The molecule has 0 unspecified atom stereocenters. The third kappa shape index (κ3) is 2.68. The van der Waals surface area contributed by atoms with Crippen molar-refractivity contribution in [3.8, 4) is 0 Å². The van der Waals surface area contributed by atoms with Crippen LogP contribution in [-0.4, -0.2) is 0 Å². The Morgan fingerprint density at radius 1 is 1.36 bits per heavy atom. The second-order valence-corrected chi connectivity index (χ2v) is 2.54. The molecule has 0 aliphatic carbocycles. The van der Waals surface area contributed by atoms with E-state index in [2.05, 4.69) is 0 Å². The van der Waals surface area contributed by atoms with E-state index in [1.54, 1.807) is 6.07 Å². The van der Waals surface area contributed by atoms with Gasteiger partial charge in [0.15, 0.2) is 0 Å². The SMILES string of the molecule is C.Fc1ccc(CCl)c(Cl)c1. The van der Waals surface area contributed by atoms with Crippen LogP contribution in [0.3, 0.4) is 0 Å². The van der Waals surface area contributed by atoms with E-state index in [0.29, 0.717) is 10.9 Å². The quantitative estimate of drug-likeness (QED) is 0.597. The molecule has 1 aromatic rings. The van der Waals surface area contributed by atoms with Gasteiger partial charge in [0, 0.05) is 10.9 Å². The van der Waals surface area contributed by atoms with Gasteiger partial charge in [0.25, 0.3) is 0 Å². The lowest BCUT2D eigenvalue weighted by Gasteiger charge is -1.97. The fourth-order valence-electron chi connectivity index (χ4n) is 0.630. The van der Waals surface area contributed by atoms with E-state index in [1.807, 2.05) is 0 Å². The molecule has 0 N–H and O–H groups in total. The van der Waals surface area contributed by atoms with Crippen LogP contribution >= 0.6 is 23.2 Å². The first-order valence-electron chi connectivity index (χ1n) is 2.74. The predicted molar refractivity (Wildman–Crippen MR) is 47.7 cm³/mol. The molecule has 0 atom stereocenters. The summed E-state index contributed by atoms with van der Waals surface area (Å²) >= 11 is 11.1. The molecule has 0 heterocycles. The maximum absolute atomic E-state index is 12.4. The number of hydrogen-bond donors (Lipinski definition) is 0. The van der Waals surface area contributed by atoms with Crippen LogP contribution in [0.4, 0.5) is 4.39 Å². The number of hydrogen-bond acceptors (Lipinski definition) is 0. The van der Waals surface area contributed by atoms with Gasteiger partial charge in [-0.15, -0.1) is 11.6 Å². The minimum atomic E-state index is -0.334. The van der Waals surface area contributed by atoms with Crippen molar-refractivity contribution in [2.24, 2.45) is 0 Å². The summed E-state index contributed by atoms with van der Waals surface area (Å²) < 4.78 is 12.4. The maximum atomic E-state index is 12.4. The molecule has 0 aliphatic heterocycles. The molecule has 0 aromatic heterocycles. The molecule has 0 nitrogen and oxygen atoms in total. The average molecular weight is 195 g/mol. The third-order valence-corrected chi connectivity index (χ3v) is 1.80. The van der Waals surface area contributed by atoms with E-state index in [-0.39, 0.29) is 13.2 Å². The highest BCUT2D eigenvalue weighted by molar-refractivity contribution is 6.32. The summed E-state index contributed by atoms with van der Waals surface area (Å²) in [6.45, 7) is 0. The van der Waals surface area contributed by atoms with Crippen LogP contribution < -0.4 is 0 Å². The highest BCUT2D eigenvalue weighted by Gasteiger charge is 1.98. The van der Waals surface area contributed by atoms with Crippen LogP contribution in [-0.2, 0) is 5.88 Å². The lowest BCUT2D eigenvalue weighted by Crippen LogP contribution is -1.80. The highest BCUT2D eigenvalue weighted by atomic mass is 35.5. The Morgan fingerprint density at radius 3 is 2.45 bits per heavy atom. The predicted octanol–water partition coefficient (Wildman–Crippen LogP) is 3.85. The first kappa shape index (κ1) is 10.7. The van der Waals surface area contributed by atoms with Crippen molar-refractivity contribution >= 4 is 23.2 Å². The van der Waals surface area contributed by atoms with Gasteiger partial charge in [-0.2, -0.15) is 0 Å². The molecule has 11 heavy (non-hydrogen) atoms. The Balaban J connectivity index is 0.000001000. The van der Waals surface area contributed by atoms with Gasteiger partial charge in [0.05, 0.1) is 0 Å². The summed E-state index contributed by atoms with van der Waals surface area (Å²) in [7, 11) is 0. The largest absolute Gasteiger partial charge is 0.207 e. The van der Waals surface area contributed by atoms with E-state index in [1.165, 1.54) is 12.1 Å². The molecule has 0 saturated carbocycles. The Hall–Kier alpha value is -0.270. The monoisotopic (exact) mass is 194 g/mol.